The summed E-state index contributed by atoms with van der Waals surface area (Å²) in [4.78, 5) is 23.4. The third-order valence-electron chi connectivity index (χ3n) is 2.84. The lowest BCUT2D eigenvalue weighted by molar-refractivity contribution is -0.123. The van der Waals surface area contributed by atoms with Gasteiger partial charge in [-0.05, 0) is 30.2 Å². The topological polar surface area (TPSA) is 84.2 Å². The zero-order valence-electron chi connectivity index (χ0n) is 12.1. The molecule has 0 radical (unpaired) electrons. The minimum Gasteiger partial charge on any atom is -0.353 e. The maximum Gasteiger partial charge on any atom is 0.251 e. The number of carbonyl (C=O) groups is 2. The van der Waals surface area contributed by atoms with E-state index in [9.17, 15) is 9.59 Å². The molecule has 0 bridgehead atoms. The SMILES string of the molecule is CC(C)[C@H](N)C(=O)NCCNC(=O)c1ccc(Br)cc1.Cl. The third kappa shape index (κ3) is 6.93. The van der Waals surface area contributed by atoms with E-state index < -0.39 is 6.04 Å². The average molecular weight is 379 g/mol. The summed E-state index contributed by atoms with van der Waals surface area (Å²) in [5.41, 5.74) is 6.29. The Hall–Kier alpha value is -1.11. The first-order valence-electron chi connectivity index (χ1n) is 6.49. The minimum absolute atomic E-state index is 0. The first-order valence-corrected chi connectivity index (χ1v) is 7.28. The van der Waals surface area contributed by atoms with E-state index in [-0.39, 0.29) is 30.1 Å². The van der Waals surface area contributed by atoms with Crippen molar-refractivity contribution in [2.45, 2.75) is 19.9 Å². The van der Waals surface area contributed by atoms with Crippen molar-refractivity contribution in [2.24, 2.45) is 11.7 Å². The second-order valence-electron chi connectivity index (χ2n) is 4.82. The van der Waals surface area contributed by atoms with Crippen molar-refractivity contribution in [1.82, 2.24) is 10.6 Å². The van der Waals surface area contributed by atoms with Crippen LogP contribution in [0.25, 0.3) is 0 Å². The van der Waals surface area contributed by atoms with Crippen LogP contribution in [0.4, 0.5) is 0 Å². The van der Waals surface area contributed by atoms with E-state index >= 15 is 0 Å². The lowest BCUT2D eigenvalue weighted by Crippen LogP contribution is -2.46. The summed E-state index contributed by atoms with van der Waals surface area (Å²) < 4.78 is 0.920. The fourth-order valence-electron chi connectivity index (χ4n) is 1.49. The maximum absolute atomic E-state index is 11.8. The van der Waals surface area contributed by atoms with Crippen LogP contribution in [0.5, 0.6) is 0 Å². The van der Waals surface area contributed by atoms with Gasteiger partial charge in [0, 0.05) is 23.1 Å². The summed E-state index contributed by atoms with van der Waals surface area (Å²) in [7, 11) is 0. The minimum atomic E-state index is -0.517. The molecule has 1 aromatic rings. The number of halogens is 2. The van der Waals surface area contributed by atoms with Crippen LogP contribution in [-0.2, 0) is 4.79 Å². The van der Waals surface area contributed by atoms with Gasteiger partial charge in [0.15, 0.2) is 0 Å². The molecule has 0 saturated heterocycles. The van der Waals surface area contributed by atoms with Gasteiger partial charge in [-0.15, -0.1) is 12.4 Å². The van der Waals surface area contributed by atoms with Crippen LogP contribution in [0.15, 0.2) is 28.7 Å². The molecule has 118 valence electrons. The van der Waals surface area contributed by atoms with Gasteiger partial charge in [-0.1, -0.05) is 29.8 Å². The van der Waals surface area contributed by atoms with Crippen LogP contribution in [0.1, 0.15) is 24.2 Å². The summed E-state index contributed by atoms with van der Waals surface area (Å²) in [6.45, 7) is 4.51. The van der Waals surface area contributed by atoms with Crippen molar-refractivity contribution in [1.29, 1.82) is 0 Å². The molecule has 4 N–H and O–H groups in total. The maximum atomic E-state index is 11.8. The highest BCUT2D eigenvalue weighted by atomic mass is 79.9. The molecule has 0 aliphatic heterocycles. The Kier molecular flexibility index (Phi) is 9.24. The van der Waals surface area contributed by atoms with Crippen molar-refractivity contribution < 1.29 is 9.59 Å². The molecule has 0 aliphatic carbocycles. The van der Waals surface area contributed by atoms with Crippen molar-refractivity contribution in [3.05, 3.63) is 34.3 Å². The van der Waals surface area contributed by atoms with Crippen molar-refractivity contribution >= 4 is 40.2 Å². The van der Waals surface area contributed by atoms with Gasteiger partial charge in [-0.2, -0.15) is 0 Å². The number of nitrogens with two attached hydrogens (primary N) is 1. The second kappa shape index (κ2) is 9.76. The Morgan fingerprint density at radius 1 is 1.14 bits per heavy atom. The molecule has 1 rings (SSSR count). The van der Waals surface area contributed by atoms with Gasteiger partial charge >= 0.3 is 0 Å². The van der Waals surface area contributed by atoms with Gasteiger partial charge in [0.25, 0.3) is 5.91 Å². The first kappa shape index (κ1) is 19.9. The number of carbonyl (C=O) groups excluding carboxylic acids is 2. The molecule has 0 aromatic heterocycles. The number of rotatable bonds is 6. The monoisotopic (exact) mass is 377 g/mol. The van der Waals surface area contributed by atoms with Gasteiger partial charge in [0.2, 0.25) is 5.91 Å². The van der Waals surface area contributed by atoms with E-state index in [0.717, 1.165) is 4.47 Å². The Morgan fingerprint density at radius 2 is 1.67 bits per heavy atom. The van der Waals surface area contributed by atoms with Crippen LogP contribution in [-0.4, -0.2) is 30.9 Å². The predicted octanol–water partition coefficient (Wildman–Crippen LogP) is 1.70. The molecule has 0 heterocycles. The van der Waals surface area contributed by atoms with Gasteiger partial charge < -0.3 is 16.4 Å². The molecule has 0 aliphatic rings. The predicted molar refractivity (Wildman–Crippen MR) is 89.5 cm³/mol. The fourth-order valence-corrected chi connectivity index (χ4v) is 1.75. The van der Waals surface area contributed by atoms with Gasteiger partial charge in [-0.25, -0.2) is 0 Å². The first-order chi connectivity index (χ1) is 9.41. The quantitative estimate of drug-likeness (QED) is 0.659. The van der Waals surface area contributed by atoms with Crippen molar-refractivity contribution in [3.8, 4) is 0 Å². The lowest BCUT2D eigenvalue weighted by atomic mass is 10.1. The Morgan fingerprint density at radius 3 is 2.19 bits per heavy atom. The van der Waals surface area contributed by atoms with E-state index in [1.165, 1.54) is 0 Å². The Labute approximate surface area is 139 Å². The van der Waals surface area contributed by atoms with Crippen LogP contribution in [0, 0.1) is 5.92 Å². The Balaban J connectivity index is 0.00000400. The zero-order valence-corrected chi connectivity index (χ0v) is 14.5. The van der Waals surface area contributed by atoms with Gasteiger partial charge in [-0.3, -0.25) is 9.59 Å². The summed E-state index contributed by atoms with van der Waals surface area (Å²) in [5.74, 6) is -0.273. The molecule has 5 nitrogen and oxygen atoms in total. The normalized spacial score (nSPS) is 11.5. The number of nitrogens with one attached hydrogen (secondary N) is 2. The van der Waals surface area contributed by atoms with Gasteiger partial charge in [0.1, 0.15) is 0 Å². The Bertz CT molecular complexity index is 466. The van der Waals surface area contributed by atoms with Crippen molar-refractivity contribution in [3.63, 3.8) is 0 Å². The molecule has 0 spiro atoms. The fraction of sp³-hybridized carbons (Fsp3) is 0.429. The molecule has 7 heteroatoms. The standard InChI is InChI=1S/C14H20BrN3O2.ClH/c1-9(2)12(16)14(20)18-8-7-17-13(19)10-3-5-11(15)6-4-10;/h3-6,9,12H,7-8,16H2,1-2H3,(H,17,19)(H,18,20);1H/t12-;/m0./s1. The lowest BCUT2D eigenvalue weighted by Gasteiger charge is -2.15. The second-order valence-corrected chi connectivity index (χ2v) is 5.74. The average Bonchev–Trinajstić information content (AvgIpc) is 2.42. The molecule has 2 amide bonds. The van der Waals surface area contributed by atoms with Crippen LogP contribution in [0.2, 0.25) is 0 Å². The number of hydrogen-bond acceptors (Lipinski definition) is 3. The summed E-state index contributed by atoms with van der Waals surface area (Å²) in [6, 6.07) is 6.55. The third-order valence-corrected chi connectivity index (χ3v) is 3.37. The molecular weight excluding hydrogens is 358 g/mol. The molecule has 0 saturated carbocycles. The van der Waals surface area contributed by atoms with E-state index in [1.54, 1.807) is 24.3 Å². The molecule has 21 heavy (non-hydrogen) atoms. The molecule has 1 atom stereocenters. The van der Waals surface area contributed by atoms with Crippen LogP contribution < -0.4 is 16.4 Å². The van der Waals surface area contributed by atoms with E-state index in [2.05, 4.69) is 26.6 Å². The summed E-state index contributed by atoms with van der Waals surface area (Å²) in [5, 5.41) is 5.43. The molecular formula is C14H21BrClN3O2. The molecule has 0 unspecified atom stereocenters. The number of hydrogen-bond donors (Lipinski definition) is 3. The summed E-state index contributed by atoms with van der Waals surface area (Å²) in [6.07, 6.45) is 0. The highest BCUT2D eigenvalue weighted by Crippen LogP contribution is 2.10. The van der Waals surface area contributed by atoms with Crippen LogP contribution in [0.3, 0.4) is 0 Å². The van der Waals surface area contributed by atoms with E-state index in [1.807, 2.05) is 13.8 Å². The summed E-state index contributed by atoms with van der Waals surface area (Å²) >= 11 is 3.31. The smallest absolute Gasteiger partial charge is 0.251 e. The highest BCUT2D eigenvalue weighted by Gasteiger charge is 2.16. The number of benzene rings is 1. The van der Waals surface area contributed by atoms with Crippen LogP contribution >= 0.6 is 28.3 Å². The largest absolute Gasteiger partial charge is 0.353 e. The highest BCUT2D eigenvalue weighted by molar-refractivity contribution is 9.10. The van der Waals surface area contributed by atoms with Crippen molar-refractivity contribution in [2.75, 3.05) is 13.1 Å². The number of amides is 2. The molecule has 0 fully saturated rings. The molecule has 1 aromatic carbocycles. The van der Waals surface area contributed by atoms with E-state index in [4.69, 9.17) is 5.73 Å². The zero-order chi connectivity index (χ0) is 15.1. The van der Waals surface area contributed by atoms with E-state index in [0.29, 0.717) is 18.7 Å². The van der Waals surface area contributed by atoms with Gasteiger partial charge in [0.05, 0.1) is 6.04 Å².